The van der Waals surface area contributed by atoms with E-state index in [1.54, 1.807) is 19.1 Å². The van der Waals surface area contributed by atoms with E-state index in [1.165, 1.54) is 18.3 Å². The third-order valence-corrected chi connectivity index (χ3v) is 3.04. The molecule has 1 heterocycles. The molecule has 0 atom stereocenters. The van der Waals surface area contributed by atoms with Gasteiger partial charge in [0.25, 0.3) is 5.91 Å². The van der Waals surface area contributed by atoms with E-state index in [9.17, 15) is 9.90 Å². The number of halogens is 2. The summed E-state index contributed by atoms with van der Waals surface area (Å²) in [6.07, 6.45) is 1.31. The van der Waals surface area contributed by atoms with Crippen LogP contribution in [0.4, 0.5) is 5.69 Å². The van der Waals surface area contributed by atoms with Crippen LogP contribution < -0.4 is 5.32 Å². The average molecular weight is 297 g/mol. The molecule has 19 heavy (non-hydrogen) atoms. The third-order valence-electron chi connectivity index (χ3n) is 2.53. The number of hydrogen-bond acceptors (Lipinski definition) is 3. The highest BCUT2D eigenvalue weighted by Gasteiger charge is 2.12. The van der Waals surface area contributed by atoms with Gasteiger partial charge < -0.3 is 10.4 Å². The van der Waals surface area contributed by atoms with E-state index < -0.39 is 5.91 Å². The fourth-order valence-electron chi connectivity index (χ4n) is 1.47. The van der Waals surface area contributed by atoms with Crippen LogP contribution in [0.5, 0.6) is 5.75 Å². The van der Waals surface area contributed by atoms with Crippen LogP contribution in [0.15, 0.2) is 30.5 Å². The van der Waals surface area contributed by atoms with Gasteiger partial charge in [0.2, 0.25) is 0 Å². The minimum Gasteiger partial charge on any atom is -0.508 e. The number of hydrogen-bond donors (Lipinski definition) is 2. The first-order valence-electron chi connectivity index (χ1n) is 5.39. The summed E-state index contributed by atoms with van der Waals surface area (Å²) >= 11 is 11.6. The molecule has 0 aliphatic heterocycles. The Hall–Kier alpha value is -1.78. The van der Waals surface area contributed by atoms with Gasteiger partial charge in [-0.2, -0.15) is 0 Å². The predicted molar refractivity (Wildman–Crippen MR) is 75.1 cm³/mol. The summed E-state index contributed by atoms with van der Waals surface area (Å²) in [6.45, 7) is 1.76. The second-order valence-electron chi connectivity index (χ2n) is 3.94. The van der Waals surface area contributed by atoms with E-state index in [2.05, 4.69) is 10.3 Å². The van der Waals surface area contributed by atoms with Gasteiger partial charge in [-0.25, -0.2) is 4.98 Å². The molecular formula is C13H10Cl2N2O2. The molecule has 0 aliphatic carbocycles. The number of phenolic OH excluding ortho intramolecular Hbond substituents is 1. The van der Waals surface area contributed by atoms with Crippen molar-refractivity contribution in [2.75, 3.05) is 5.32 Å². The van der Waals surface area contributed by atoms with Gasteiger partial charge in [-0.15, -0.1) is 0 Å². The molecule has 6 heteroatoms. The Kier molecular flexibility index (Phi) is 3.93. The Labute approximate surface area is 120 Å². The van der Waals surface area contributed by atoms with Crippen LogP contribution in [-0.2, 0) is 0 Å². The molecule has 0 bridgehead atoms. The van der Waals surface area contributed by atoms with Crippen LogP contribution in [-0.4, -0.2) is 16.0 Å². The van der Waals surface area contributed by atoms with Crippen LogP contribution in [0.2, 0.25) is 10.2 Å². The molecular weight excluding hydrogens is 287 g/mol. The molecule has 2 aromatic rings. The quantitative estimate of drug-likeness (QED) is 0.832. The zero-order valence-corrected chi connectivity index (χ0v) is 11.5. The van der Waals surface area contributed by atoms with Crippen molar-refractivity contribution in [1.82, 2.24) is 4.98 Å². The lowest BCUT2D eigenvalue weighted by Crippen LogP contribution is -2.12. The number of carbonyl (C=O) groups excluding carboxylic acids is 1. The first-order valence-corrected chi connectivity index (χ1v) is 6.15. The lowest BCUT2D eigenvalue weighted by Gasteiger charge is -2.08. The molecule has 1 aromatic carbocycles. The summed E-state index contributed by atoms with van der Waals surface area (Å²) in [5, 5.41) is 12.6. The molecule has 98 valence electrons. The highest BCUT2D eigenvalue weighted by molar-refractivity contribution is 6.35. The molecule has 2 N–H and O–H groups in total. The van der Waals surface area contributed by atoms with Gasteiger partial charge in [-0.1, -0.05) is 29.3 Å². The Balaban J connectivity index is 2.25. The number of aromatic nitrogens is 1. The number of anilines is 1. The van der Waals surface area contributed by atoms with Crippen molar-refractivity contribution in [1.29, 1.82) is 0 Å². The number of benzene rings is 1. The summed E-state index contributed by atoms with van der Waals surface area (Å²) < 4.78 is 0. The van der Waals surface area contributed by atoms with E-state index in [1.807, 2.05) is 0 Å². The van der Waals surface area contributed by atoms with Gasteiger partial charge in [-0.05, 0) is 24.6 Å². The van der Waals surface area contributed by atoms with E-state index in [-0.39, 0.29) is 21.5 Å². The molecule has 0 radical (unpaired) electrons. The molecule has 0 spiro atoms. The van der Waals surface area contributed by atoms with Gasteiger partial charge in [0.15, 0.2) is 0 Å². The Morgan fingerprint density at radius 3 is 2.74 bits per heavy atom. The molecule has 0 unspecified atom stereocenters. The van der Waals surface area contributed by atoms with Crippen LogP contribution in [0.1, 0.15) is 15.9 Å². The molecule has 0 fully saturated rings. The standard InChI is InChI=1S/C13H10Cl2N2O2/c1-7-2-3-8(4-11(7)18)17-13(19)9-5-12(15)16-6-10(9)14/h2-6,18H,1H3,(H,17,19). The molecule has 1 aromatic heterocycles. The number of aryl methyl sites for hydroxylation is 1. The first-order chi connectivity index (χ1) is 8.97. The van der Waals surface area contributed by atoms with E-state index in [0.29, 0.717) is 5.69 Å². The SMILES string of the molecule is Cc1ccc(NC(=O)c2cc(Cl)ncc2Cl)cc1O. The minimum atomic E-state index is -0.419. The Bertz CT molecular complexity index is 645. The van der Waals surface area contributed by atoms with Crippen molar-refractivity contribution in [2.45, 2.75) is 6.92 Å². The largest absolute Gasteiger partial charge is 0.508 e. The molecule has 0 saturated carbocycles. The molecule has 0 aliphatic rings. The van der Waals surface area contributed by atoms with Crippen LogP contribution in [0, 0.1) is 6.92 Å². The second-order valence-corrected chi connectivity index (χ2v) is 4.74. The van der Waals surface area contributed by atoms with Crippen molar-refractivity contribution in [3.63, 3.8) is 0 Å². The lowest BCUT2D eigenvalue weighted by molar-refractivity contribution is 0.102. The number of rotatable bonds is 2. The van der Waals surface area contributed by atoms with Crippen molar-refractivity contribution < 1.29 is 9.90 Å². The Morgan fingerprint density at radius 2 is 2.05 bits per heavy atom. The first kappa shape index (κ1) is 13.6. The van der Waals surface area contributed by atoms with Gasteiger partial charge in [0, 0.05) is 18.0 Å². The maximum absolute atomic E-state index is 12.0. The maximum Gasteiger partial charge on any atom is 0.257 e. The molecule has 4 nitrogen and oxygen atoms in total. The van der Waals surface area contributed by atoms with Crippen molar-refractivity contribution in [3.05, 3.63) is 51.8 Å². The number of pyridine rings is 1. The number of carbonyl (C=O) groups is 1. The average Bonchev–Trinajstić information content (AvgIpc) is 2.36. The van der Waals surface area contributed by atoms with Crippen LogP contribution in [0.25, 0.3) is 0 Å². The zero-order valence-electron chi connectivity index (χ0n) is 9.95. The summed E-state index contributed by atoms with van der Waals surface area (Å²) in [5.41, 5.74) is 1.42. The van der Waals surface area contributed by atoms with Gasteiger partial charge in [0.1, 0.15) is 10.9 Å². The van der Waals surface area contributed by atoms with Crippen molar-refractivity contribution >= 4 is 34.8 Å². The highest BCUT2D eigenvalue weighted by Crippen LogP contribution is 2.23. The number of phenols is 1. The van der Waals surface area contributed by atoms with E-state index >= 15 is 0 Å². The molecule has 1 amide bonds. The minimum absolute atomic E-state index is 0.108. The fourth-order valence-corrected chi connectivity index (χ4v) is 1.82. The second kappa shape index (κ2) is 5.47. The normalized spacial score (nSPS) is 10.3. The zero-order chi connectivity index (χ0) is 14.0. The van der Waals surface area contributed by atoms with Crippen molar-refractivity contribution in [2.24, 2.45) is 0 Å². The highest BCUT2D eigenvalue weighted by atomic mass is 35.5. The number of aromatic hydroxyl groups is 1. The van der Waals surface area contributed by atoms with Crippen molar-refractivity contribution in [3.8, 4) is 5.75 Å². The number of amides is 1. The van der Waals surface area contributed by atoms with Gasteiger partial charge >= 0.3 is 0 Å². The summed E-state index contributed by atoms with van der Waals surface area (Å²) in [6, 6.07) is 6.23. The number of nitrogens with zero attached hydrogens (tertiary/aromatic N) is 1. The fraction of sp³-hybridized carbons (Fsp3) is 0.0769. The molecule has 0 saturated heterocycles. The summed E-state index contributed by atoms with van der Waals surface area (Å²) in [7, 11) is 0. The maximum atomic E-state index is 12.0. The van der Waals surface area contributed by atoms with Crippen LogP contribution in [0.3, 0.4) is 0 Å². The third kappa shape index (κ3) is 3.16. The van der Waals surface area contributed by atoms with E-state index in [4.69, 9.17) is 23.2 Å². The summed E-state index contributed by atoms with van der Waals surface area (Å²) in [5.74, 6) is -0.311. The van der Waals surface area contributed by atoms with Crippen LogP contribution >= 0.6 is 23.2 Å². The van der Waals surface area contributed by atoms with Gasteiger partial charge in [-0.3, -0.25) is 4.79 Å². The van der Waals surface area contributed by atoms with E-state index in [0.717, 1.165) is 5.56 Å². The topological polar surface area (TPSA) is 62.2 Å². The Morgan fingerprint density at radius 1 is 1.32 bits per heavy atom. The predicted octanol–water partition coefficient (Wildman–Crippen LogP) is 3.65. The lowest BCUT2D eigenvalue weighted by atomic mass is 10.2. The number of nitrogens with one attached hydrogen (secondary N) is 1. The van der Waals surface area contributed by atoms with Gasteiger partial charge in [0.05, 0.1) is 10.6 Å². The molecule has 2 rings (SSSR count). The summed E-state index contributed by atoms with van der Waals surface area (Å²) in [4.78, 5) is 15.8. The smallest absolute Gasteiger partial charge is 0.257 e. The monoisotopic (exact) mass is 296 g/mol.